The van der Waals surface area contributed by atoms with Crippen molar-refractivity contribution in [2.24, 2.45) is 0 Å². The first kappa shape index (κ1) is 19.0. The van der Waals surface area contributed by atoms with Crippen LogP contribution in [-0.4, -0.2) is 37.7 Å². The maximum atomic E-state index is 12.3. The highest BCUT2D eigenvalue weighted by Gasteiger charge is 2.24. The number of fused-ring (bicyclic) bond motifs is 1. The van der Waals surface area contributed by atoms with E-state index in [9.17, 15) is 4.79 Å². The zero-order chi connectivity index (χ0) is 20.4. The number of ether oxygens (including phenoxy) is 1. The van der Waals surface area contributed by atoms with Gasteiger partial charge in [0.15, 0.2) is 5.82 Å². The zero-order valence-corrected chi connectivity index (χ0v) is 17.1. The summed E-state index contributed by atoms with van der Waals surface area (Å²) >= 11 is 1.31. The fraction of sp³-hybridized carbons (Fsp3) is 0.250. The van der Waals surface area contributed by atoms with Gasteiger partial charge in [-0.05, 0) is 31.9 Å². The Balaban J connectivity index is 1.79. The third-order valence-electron chi connectivity index (χ3n) is 4.47. The molecule has 148 valence electrons. The monoisotopic (exact) mass is 408 g/mol. The maximum Gasteiger partial charge on any atom is 0.348 e. The molecule has 0 amide bonds. The number of aromatic amines is 1. The third-order valence-corrected chi connectivity index (χ3v) is 5.65. The Kier molecular flexibility index (Phi) is 5.22. The third kappa shape index (κ3) is 3.68. The van der Waals surface area contributed by atoms with Crippen LogP contribution >= 0.6 is 11.3 Å². The van der Waals surface area contributed by atoms with Crippen LogP contribution in [0.4, 0.5) is 5.82 Å². The number of hydrogen-bond donors (Lipinski definition) is 2. The van der Waals surface area contributed by atoms with Gasteiger partial charge in [-0.2, -0.15) is 5.10 Å². The smallest absolute Gasteiger partial charge is 0.348 e. The van der Waals surface area contributed by atoms with Gasteiger partial charge in [0.2, 0.25) is 0 Å². The summed E-state index contributed by atoms with van der Waals surface area (Å²) < 4.78 is 5.18. The molecule has 0 aliphatic heterocycles. The van der Waals surface area contributed by atoms with Gasteiger partial charge in [-0.25, -0.2) is 19.7 Å². The summed E-state index contributed by atoms with van der Waals surface area (Å²) in [6, 6.07) is 9.59. The number of anilines is 1. The van der Waals surface area contributed by atoms with Crippen molar-refractivity contribution in [3.8, 4) is 0 Å². The molecule has 1 aromatic carbocycles. The van der Waals surface area contributed by atoms with Crippen molar-refractivity contribution in [1.82, 2.24) is 25.1 Å². The van der Waals surface area contributed by atoms with E-state index in [0.717, 1.165) is 27.2 Å². The van der Waals surface area contributed by atoms with Gasteiger partial charge in [-0.1, -0.05) is 30.3 Å². The van der Waals surface area contributed by atoms with Gasteiger partial charge in [0, 0.05) is 0 Å². The van der Waals surface area contributed by atoms with Crippen LogP contribution in [-0.2, 0) is 4.74 Å². The van der Waals surface area contributed by atoms with Gasteiger partial charge in [0.25, 0.3) is 0 Å². The van der Waals surface area contributed by atoms with Gasteiger partial charge < -0.3 is 10.1 Å². The summed E-state index contributed by atoms with van der Waals surface area (Å²) in [5.74, 6) is 1.62. The molecule has 0 spiro atoms. The average molecular weight is 408 g/mol. The van der Waals surface area contributed by atoms with E-state index in [1.54, 1.807) is 6.92 Å². The number of benzene rings is 1. The lowest BCUT2D eigenvalue weighted by Crippen LogP contribution is -2.15. The first-order valence-corrected chi connectivity index (χ1v) is 10.0. The molecule has 4 rings (SSSR count). The molecule has 29 heavy (non-hydrogen) atoms. The summed E-state index contributed by atoms with van der Waals surface area (Å²) in [5.41, 5.74) is 1.79. The molecule has 0 fully saturated rings. The van der Waals surface area contributed by atoms with Gasteiger partial charge >= 0.3 is 5.97 Å². The first-order valence-electron chi connectivity index (χ1n) is 9.20. The predicted molar refractivity (Wildman–Crippen MR) is 111 cm³/mol. The van der Waals surface area contributed by atoms with Crippen molar-refractivity contribution in [1.29, 1.82) is 0 Å². The largest absolute Gasteiger partial charge is 0.462 e. The van der Waals surface area contributed by atoms with Gasteiger partial charge in [0.05, 0.1) is 12.0 Å². The number of carbonyl (C=O) groups is 1. The maximum absolute atomic E-state index is 12.3. The van der Waals surface area contributed by atoms with Crippen LogP contribution in [0.15, 0.2) is 36.7 Å². The van der Waals surface area contributed by atoms with E-state index in [1.807, 2.05) is 44.2 Å². The highest BCUT2D eigenvalue weighted by molar-refractivity contribution is 7.20. The molecule has 0 aliphatic rings. The second-order valence-electron chi connectivity index (χ2n) is 6.45. The van der Waals surface area contributed by atoms with Crippen molar-refractivity contribution in [2.75, 3.05) is 11.9 Å². The number of aryl methyl sites for hydroxylation is 2. The molecule has 2 N–H and O–H groups in total. The van der Waals surface area contributed by atoms with Crippen molar-refractivity contribution < 1.29 is 9.53 Å². The van der Waals surface area contributed by atoms with Crippen molar-refractivity contribution in [2.45, 2.75) is 26.8 Å². The van der Waals surface area contributed by atoms with Crippen molar-refractivity contribution >= 4 is 33.3 Å². The Morgan fingerprint density at radius 1 is 1.24 bits per heavy atom. The van der Waals surface area contributed by atoms with Crippen molar-refractivity contribution in [3.05, 3.63) is 64.3 Å². The van der Waals surface area contributed by atoms with Gasteiger partial charge in [-0.15, -0.1) is 11.3 Å². The minimum Gasteiger partial charge on any atom is -0.462 e. The molecule has 9 heteroatoms. The molecule has 0 saturated heterocycles. The number of nitrogens with one attached hydrogen (secondary N) is 2. The fourth-order valence-corrected chi connectivity index (χ4v) is 4.18. The molecule has 3 heterocycles. The van der Waals surface area contributed by atoms with Crippen LogP contribution < -0.4 is 5.32 Å². The molecule has 0 aliphatic carbocycles. The molecule has 3 aromatic heterocycles. The first-order chi connectivity index (χ1) is 14.1. The summed E-state index contributed by atoms with van der Waals surface area (Å²) in [6.45, 7) is 5.85. The SMILES string of the molecule is CCOC(=O)c1sc2ncnc(NC(c3ccccc3)c3n[nH]c(C)n3)c2c1C. The van der Waals surface area contributed by atoms with Crippen LogP contribution in [0.25, 0.3) is 10.2 Å². The molecular weight excluding hydrogens is 388 g/mol. The van der Waals surface area contributed by atoms with E-state index in [0.29, 0.717) is 23.1 Å². The normalized spacial score (nSPS) is 12.1. The Morgan fingerprint density at radius 3 is 2.72 bits per heavy atom. The van der Waals surface area contributed by atoms with Crippen LogP contribution in [0, 0.1) is 13.8 Å². The van der Waals surface area contributed by atoms with Crippen LogP contribution in [0.3, 0.4) is 0 Å². The highest BCUT2D eigenvalue weighted by Crippen LogP contribution is 2.35. The van der Waals surface area contributed by atoms with Crippen LogP contribution in [0.5, 0.6) is 0 Å². The van der Waals surface area contributed by atoms with E-state index < -0.39 is 0 Å². The quantitative estimate of drug-likeness (QED) is 0.467. The Hall–Kier alpha value is -3.33. The summed E-state index contributed by atoms with van der Waals surface area (Å²) in [7, 11) is 0. The molecule has 0 bridgehead atoms. The highest BCUT2D eigenvalue weighted by atomic mass is 32.1. The number of carbonyl (C=O) groups excluding carboxylic acids is 1. The molecule has 1 unspecified atom stereocenters. The van der Waals surface area contributed by atoms with Gasteiger partial charge in [0.1, 0.15) is 33.7 Å². The summed E-state index contributed by atoms with van der Waals surface area (Å²) in [5, 5.41) is 11.5. The lowest BCUT2D eigenvalue weighted by Gasteiger charge is -2.17. The second-order valence-corrected chi connectivity index (χ2v) is 7.45. The molecular formula is C20H20N6O2S. The number of hydrogen-bond acceptors (Lipinski definition) is 8. The number of nitrogens with zero attached hydrogens (tertiary/aromatic N) is 4. The van der Waals surface area contributed by atoms with Crippen LogP contribution in [0.2, 0.25) is 0 Å². The van der Waals surface area contributed by atoms with Crippen LogP contribution in [0.1, 0.15) is 45.4 Å². The van der Waals surface area contributed by atoms with Crippen molar-refractivity contribution in [3.63, 3.8) is 0 Å². The Bertz CT molecular complexity index is 1150. The number of esters is 1. The molecule has 0 radical (unpaired) electrons. The lowest BCUT2D eigenvalue weighted by atomic mass is 10.1. The second kappa shape index (κ2) is 7.96. The minimum absolute atomic E-state index is 0.315. The number of thiophene rings is 1. The lowest BCUT2D eigenvalue weighted by molar-refractivity contribution is 0.0531. The summed E-state index contributed by atoms with van der Waals surface area (Å²) in [4.78, 5) is 26.9. The molecule has 1 atom stereocenters. The van der Waals surface area contributed by atoms with Gasteiger partial charge in [-0.3, -0.25) is 5.10 Å². The minimum atomic E-state index is -0.344. The van der Waals surface area contributed by atoms with E-state index in [2.05, 4.69) is 30.5 Å². The van der Waals surface area contributed by atoms with E-state index in [-0.39, 0.29) is 12.0 Å². The number of rotatable bonds is 6. The zero-order valence-electron chi connectivity index (χ0n) is 16.3. The molecule has 0 saturated carbocycles. The topological polar surface area (TPSA) is 106 Å². The number of H-pyrrole nitrogens is 1. The number of aromatic nitrogens is 5. The summed E-state index contributed by atoms with van der Waals surface area (Å²) in [6.07, 6.45) is 1.49. The van der Waals surface area contributed by atoms with E-state index in [1.165, 1.54) is 17.7 Å². The Morgan fingerprint density at radius 2 is 2.03 bits per heavy atom. The average Bonchev–Trinajstić information content (AvgIpc) is 3.31. The fourth-order valence-electron chi connectivity index (χ4n) is 3.14. The van der Waals surface area contributed by atoms with E-state index in [4.69, 9.17) is 4.74 Å². The molecule has 4 aromatic rings. The standard InChI is InChI=1S/C20H20N6O2S/c1-4-28-20(27)16-11(2)14-17(21-10-22-19(14)29-16)24-15(13-8-6-5-7-9-13)18-23-12(3)25-26-18/h5-10,15H,4H2,1-3H3,(H,21,22,24)(H,23,25,26). The Labute approximate surface area is 171 Å². The van der Waals surface area contributed by atoms with E-state index >= 15 is 0 Å². The predicted octanol–water partition coefficient (Wildman–Crippen LogP) is 3.80. The molecule has 8 nitrogen and oxygen atoms in total.